The summed E-state index contributed by atoms with van der Waals surface area (Å²) in [5.41, 5.74) is -1.79. The number of hydrogen-bond acceptors (Lipinski definition) is 7. The van der Waals surface area contributed by atoms with Crippen LogP contribution in [0.1, 0.15) is 15.9 Å². The summed E-state index contributed by atoms with van der Waals surface area (Å²) in [6.45, 7) is 0. The van der Waals surface area contributed by atoms with E-state index in [0.29, 0.717) is 22.8 Å². The molecular weight excluding hydrogens is 344 g/mol. The standard InChI is InChI=1S/C17H18N2O7/c1-19-16(22)13(15(21)18-17(19)23)10(20)6-5-9-7-11(24-2)14(26-4)12(8-9)25-3/h5-8,22H,1-4H3,(H,18,21,23)/b6-5+. The molecule has 0 aliphatic rings. The van der Waals surface area contributed by atoms with Crippen molar-refractivity contribution in [3.8, 4) is 23.1 Å². The predicted octanol–water partition coefficient (Wildman–Crippen LogP) is 0.701. The van der Waals surface area contributed by atoms with Gasteiger partial charge in [-0.25, -0.2) is 4.79 Å². The maximum Gasteiger partial charge on any atom is 0.330 e. The number of carbonyl (C=O) groups is 1. The van der Waals surface area contributed by atoms with Crippen molar-refractivity contribution in [3.05, 3.63) is 50.2 Å². The summed E-state index contributed by atoms with van der Waals surface area (Å²) in [6, 6.07) is 3.21. The van der Waals surface area contributed by atoms with Gasteiger partial charge in [0, 0.05) is 7.05 Å². The zero-order valence-corrected chi connectivity index (χ0v) is 14.7. The number of ketones is 1. The molecule has 2 rings (SSSR count). The zero-order valence-electron chi connectivity index (χ0n) is 14.7. The molecule has 0 radical (unpaired) electrons. The molecule has 0 bridgehead atoms. The Balaban J connectivity index is 2.45. The highest BCUT2D eigenvalue weighted by molar-refractivity contribution is 6.08. The van der Waals surface area contributed by atoms with Gasteiger partial charge in [0.15, 0.2) is 17.3 Å². The van der Waals surface area contributed by atoms with Gasteiger partial charge >= 0.3 is 5.69 Å². The Bertz CT molecular complexity index is 961. The molecular formula is C17H18N2O7. The van der Waals surface area contributed by atoms with Gasteiger partial charge in [0.05, 0.1) is 21.3 Å². The number of allylic oxidation sites excluding steroid dienone is 1. The first-order chi connectivity index (χ1) is 12.3. The number of ether oxygens (including phenoxy) is 3. The van der Waals surface area contributed by atoms with Crippen LogP contribution in [0.3, 0.4) is 0 Å². The predicted molar refractivity (Wildman–Crippen MR) is 93.4 cm³/mol. The van der Waals surface area contributed by atoms with Crippen LogP contribution in [0.2, 0.25) is 0 Å². The number of H-pyrrole nitrogens is 1. The number of aromatic hydroxyl groups is 1. The van der Waals surface area contributed by atoms with Crippen LogP contribution in [0.15, 0.2) is 27.8 Å². The Labute approximate surface area is 148 Å². The van der Waals surface area contributed by atoms with E-state index in [2.05, 4.69) is 0 Å². The van der Waals surface area contributed by atoms with E-state index in [4.69, 9.17) is 14.2 Å². The number of benzene rings is 1. The van der Waals surface area contributed by atoms with Gasteiger partial charge in [0.25, 0.3) is 5.56 Å². The van der Waals surface area contributed by atoms with E-state index in [1.807, 2.05) is 4.98 Å². The molecule has 1 heterocycles. The van der Waals surface area contributed by atoms with Gasteiger partial charge in [-0.2, -0.15) is 0 Å². The van der Waals surface area contributed by atoms with Crippen LogP contribution >= 0.6 is 0 Å². The van der Waals surface area contributed by atoms with Crippen molar-refractivity contribution in [2.75, 3.05) is 21.3 Å². The Kier molecular flexibility index (Phi) is 5.51. The summed E-state index contributed by atoms with van der Waals surface area (Å²) < 4.78 is 16.4. The second-order valence-corrected chi connectivity index (χ2v) is 5.17. The van der Waals surface area contributed by atoms with Gasteiger partial charge < -0.3 is 19.3 Å². The van der Waals surface area contributed by atoms with Gasteiger partial charge in [0.2, 0.25) is 11.6 Å². The smallest absolute Gasteiger partial charge is 0.330 e. The van der Waals surface area contributed by atoms with E-state index in [0.717, 1.165) is 10.6 Å². The monoisotopic (exact) mass is 362 g/mol. The normalized spacial score (nSPS) is 10.8. The van der Waals surface area contributed by atoms with Gasteiger partial charge in [0.1, 0.15) is 5.56 Å². The van der Waals surface area contributed by atoms with Crippen molar-refractivity contribution in [3.63, 3.8) is 0 Å². The van der Waals surface area contributed by atoms with Gasteiger partial charge in [-0.15, -0.1) is 0 Å². The number of aromatic nitrogens is 2. The Morgan fingerprint density at radius 1 is 1.12 bits per heavy atom. The average molecular weight is 362 g/mol. The number of hydrogen-bond donors (Lipinski definition) is 2. The zero-order chi connectivity index (χ0) is 19.4. The molecule has 0 amide bonds. The molecule has 138 valence electrons. The van der Waals surface area contributed by atoms with Crippen LogP contribution in [0.5, 0.6) is 23.1 Å². The lowest BCUT2D eigenvalue weighted by atomic mass is 10.1. The fraction of sp³-hybridized carbons (Fsp3) is 0.235. The first kappa shape index (κ1) is 18.8. The van der Waals surface area contributed by atoms with Gasteiger partial charge in [-0.1, -0.05) is 6.08 Å². The highest BCUT2D eigenvalue weighted by Crippen LogP contribution is 2.38. The molecule has 0 spiro atoms. The lowest BCUT2D eigenvalue weighted by Crippen LogP contribution is -2.32. The van der Waals surface area contributed by atoms with Crippen molar-refractivity contribution in [2.45, 2.75) is 0 Å². The lowest BCUT2D eigenvalue weighted by molar-refractivity contribution is 0.104. The molecule has 9 heteroatoms. The minimum absolute atomic E-state index is 0.391. The lowest BCUT2D eigenvalue weighted by Gasteiger charge is -2.12. The van der Waals surface area contributed by atoms with Crippen LogP contribution in [-0.2, 0) is 7.05 Å². The van der Waals surface area contributed by atoms with Gasteiger partial charge in [-0.3, -0.25) is 19.1 Å². The number of aromatic amines is 1. The quantitative estimate of drug-likeness (QED) is 0.573. The number of methoxy groups -OCH3 is 3. The summed E-state index contributed by atoms with van der Waals surface area (Å²) in [5, 5.41) is 9.89. The van der Waals surface area contributed by atoms with Crippen LogP contribution in [0, 0.1) is 0 Å². The SMILES string of the molecule is COc1cc(/C=C/C(=O)c2c(O)n(C)c(=O)[nH]c2=O)cc(OC)c1OC. The van der Waals surface area contributed by atoms with Crippen molar-refractivity contribution in [2.24, 2.45) is 7.05 Å². The fourth-order valence-corrected chi connectivity index (χ4v) is 2.28. The third kappa shape index (κ3) is 3.46. The minimum atomic E-state index is -0.967. The van der Waals surface area contributed by atoms with E-state index in [1.54, 1.807) is 12.1 Å². The Morgan fingerprint density at radius 2 is 1.69 bits per heavy atom. The minimum Gasteiger partial charge on any atom is -0.494 e. The van der Waals surface area contributed by atoms with E-state index in [9.17, 15) is 19.5 Å². The van der Waals surface area contributed by atoms with Gasteiger partial charge in [-0.05, 0) is 23.8 Å². The van der Waals surface area contributed by atoms with Crippen LogP contribution in [0.4, 0.5) is 0 Å². The molecule has 0 aliphatic heterocycles. The molecule has 26 heavy (non-hydrogen) atoms. The number of rotatable bonds is 6. The molecule has 0 saturated heterocycles. The average Bonchev–Trinajstić information content (AvgIpc) is 2.63. The number of carbonyl (C=O) groups excluding carboxylic acids is 1. The highest BCUT2D eigenvalue weighted by atomic mass is 16.5. The summed E-state index contributed by atoms with van der Waals surface area (Å²) in [7, 11) is 5.61. The van der Waals surface area contributed by atoms with Crippen molar-refractivity contribution >= 4 is 11.9 Å². The molecule has 0 unspecified atom stereocenters. The summed E-state index contributed by atoms with van der Waals surface area (Å²) >= 11 is 0. The van der Waals surface area contributed by atoms with Crippen molar-refractivity contribution in [1.29, 1.82) is 0 Å². The van der Waals surface area contributed by atoms with Crippen molar-refractivity contribution < 1.29 is 24.1 Å². The number of nitrogens with zero attached hydrogens (tertiary/aromatic N) is 1. The van der Waals surface area contributed by atoms with E-state index < -0.39 is 28.5 Å². The molecule has 0 fully saturated rings. The van der Waals surface area contributed by atoms with Crippen molar-refractivity contribution in [1.82, 2.24) is 9.55 Å². The topological polar surface area (TPSA) is 120 Å². The number of nitrogens with one attached hydrogen (secondary N) is 1. The second-order valence-electron chi connectivity index (χ2n) is 5.17. The Hall–Kier alpha value is -3.49. The third-order valence-corrected chi connectivity index (χ3v) is 3.65. The van der Waals surface area contributed by atoms with Crippen LogP contribution < -0.4 is 25.5 Å². The summed E-state index contributed by atoms with van der Waals surface area (Å²) in [4.78, 5) is 37.4. The second kappa shape index (κ2) is 7.60. The Morgan fingerprint density at radius 3 is 2.19 bits per heavy atom. The molecule has 1 aromatic carbocycles. The molecule has 0 atom stereocenters. The highest BCUT2D eigenvalue weighted by Gasteiger charge is 2.18. The molecule has 2 N–H and O–H groups in total. The molecule has 0 aliphatic carbocycles. The molecule has 2 aromatic rings. The largest absolute Gasteiger partial charge is 0.494 e. The summed E-state index contributed by atoms with van der Waals surface area (Å²) in [5.74, 6) is -0.305. The molecule has 1 aromatic heterocycles. The first-order valence-electron chi connectivity index (χ1n) is 7.38. The molecule has 0 saturated carbocycles. The van der Waals surface area contributed by atoms with E-state index >= 15 is 0 Å². The fourth-order valence-electron chi connectivity index (χ4n) is 2.28. The maximum absolute atomic E-state index is 12.3. The summed E-state index contributed by atoms with van der Waals surface area (Å²) in [6.07, 6.45) is 2.51. The third-order valence-electron chi connectivity index (χ3n) is 3.65. The van der Waals surface area contributed by atoms with E-state index in [1.165, 1.54) is 34.5 Å². The van der Waals surface area contributed by atoms with Crippen LogP contribution in [-0.4, -0.2) is 41.8 Å². The van der Waals surface area contributed by atoms with Crippen LogP contribution in [0.25, 0.3) is 6.08 Å². The van der Waals surface area contributed by atoms with E-state index in [-0.39, 0.29) is 0 Å². The maximum atomic E-state index is 12.3. The molecule has 9 nitrogen and oxygen atoms in total. The first-order valence-corrected chi connectivity index (χ1v) is 7.38.